The predicted octanol–water partition coefficient (Wildman–Crippen LogP) is 3.06. The summed E-state index contributed by atoms with van der Waals surface area (Å²) in [7, 11) is 3.05. The Balaban J connectivity index is 2.77. The van der Waals surface area contributed by atoms with Crippen LogP contribution in [0, 0.1) is 13.8 Å². The Morgan fingerprint density at radius 1 is 1.24 bits per heavy atom. The van der Waals surface area contributed by atoms with E-state index >= 15 is 0 Å². The molecule has 112 valence electrons. The van der Waals surface area contributed by atoms with Gasteiger partial charge in [-0.2, -0.15) is 5.10 Å². The molecule has 0 atom stereocenters. The molecule has 0 unspecified atom stereocenters. The van der Waals surface area contributed by atoms with Crippen LogP contribution in [-0.4, -0.2) is 35.5 Å². The van der Waals surface area contributed by atoms with Crippen molar-refractivity contribution in [1.82, 2.24) is 10.2 Å². The maximum Gasteiger partial charge on any atom is 0.353 e. The first-order valence-corrected chi connectivity index (χ1v) is 6.49. The molecule has 1 aromatic carbocycles. The number of aromatic carboxylic acids is 1. The Morgan fingerprint density at radius 3 is 2.33 bits per heavy atom. The Hall–Kier alpha value is -2.21. The maximum absolute atomic E-state index is 11.0. The molecule has 0 spiro atoms. The summed E-state index contributed by atoms with van der Waals surface area (Å²) in [6.45, 7) is 3.62. The lowest BCUT2D eigenvalue weighted by Crippen LogP contribution is -1.99. The van der Waals surface area contributed by atoms with Gasteiger partial charge < -0.3 is 14.6 Å². The van der Waals surface area contributed by atoms with Crippen LogP contribution in [0.1, 0.15) is 21.6 Å². The molecule has 2 N–H and O–H groups in total. The molecule has 0 aliphatic carbocycles. The first-order chi connectivity index (χ1) is 9.92. The number of rotatable bonds is 4. The fourth-order valence-corrected chi connectivity index (χ4v) is 2.58. The zero-order valence-electron chi connectivity index (χ0n) is 12.1. The molecule has 0 aliphatic rings. The summed E-state index contributed by atoms with van der Waals surface area (Å²) >= 11 is 6.27. The Bertz CT molecular complexity index is 709. The molecule has 1 heterocycles. The zero-order valence-corrected chi connectivity index (χ0v) is 12.8. The second kappa shape index (κ2) is 5.65. The molecule has 0 bridgehead atoms. The first kappa shape index (κ1) is 15.2. The maximum atomic E-state index is 11.0. The minimum atomic E-state index is -1.08. The number of benzene rings is 1. The number of aromatic amines is 1. The lowest BCUT2D eigenvalue weighted by molar-refractivity contribution is 0.0690. The number of H-pyrrole nitrogens is 1. The molecule has 0 saturated carbocycles. The minimum Gasteiger partial charge on any atom is -0.496 e. The molecular formula is C14H15ClN2O4. The molecule has 6 nitrogen and oxygen atoms in total. The van der Waals surface area contributed by atoms with Gasteiger partial charge in [-0.25, -0.2) is 4.79 Å². The van der Waals surface area contributed by atoms with Gasteiger partial charge in [0.2, 0.25) is 0 Å². The van der Waals surface area contributed by atoms with Crippen LogP contribution in [0.3, 0.4) is 0 Å². The van der Waals surface area contributed by atoms with Crippen molar-refractivity contribution in [2.75, 3.05) is 14.2 Å². The van der Waals surface area contributed by atoms with Gasteiger partial charge in [0.1, 0.15) is 17.2 Å². The number of hydrogen-bond acceptors (Lipinski definition) is 4. The standard InChI is InChI=1S/C14H15ClN2O4/c1-6-10(8-5-9(14(18)19)17-16-8)12(20-3)7(2)11(15)13(6)21-4/h5H,1-4H3,(H,16,17)(H,18,19). The van der Waals surface area contributed by atoms with E-state index in [4.69, 9.17) is 26.2 Å². The fourth-order valence-electron chi connectivity index (χ4n) is 2.27. The molecule has 0 radical (unpaired) electrons. The summed E-state index contributed by atoms with van der Waals surface area (Å²) in [5.41, 5.74) is 2.54. The summed E-state index contributed by atoms with van der Waals surface area (Å²) in [5.74, 6) is -0.0189. The number of nitrogens with zero attached hydrogens (tertiary/aromatic N) is 1. The smallest absolute Gasteiger partial charge is 0.353 e. The highest BCUT2D eigenvalue weighted by molar-refractivity contribution is 6.33. The molecule has 0 fully saturated rings. The number of carboxylic acid groups (broad SMARTS) is 1. The Kier molecular flexibility index (Phi) is 4.09. The number of nitrogens with one attached hydrogen (secondary N) is 1. The van der Waals surface area contributed by atoms with Crippen molar-refractivity contribution in [2.24, 2.45) is 0 Å². The number of methoxy groups -OCH3 is 2. The molecule has 1 aromatic heterocycles. The van der Waals surface area contributed by atoms with Crippen LogP contribution in [0.2, 0.25) is 5.02 Å². The lowest BCUT2D eigenvalue weighted by Gasteiger charge is -2.18. The summed E-state index contributed by atoms with van der Waals surface area (Å²) in [6.07, 6.45) is 0. The SMILES string of the molecule is COc1c(C)c(-c2cc(C(=O)O)[nH]n2)c(OC)c(C)c1Cl. The van der Waals surface area contributed by atoms with E-state index in [1.807, 2.05) is 6.92 Å². The van der Waals surface area contributed by atoms with Gasteiger partial charge in [0, 0.05) is 11.1 Å². The van der Waals surface area contributed by atoms with Gasteiger partial charge in [0.25, 0.3) is 0 Å². The van der Waals surface area contributed by atoms with Crippen molar-refractivity contribution >= 4 is 17.6 Å². The van der Waals surface area contributed by atoms with Crippen LogP contribution < -0.4 is 9.47 Å². The third-order valence-corrected chi connectivity index (χ3v) is 3.74. The average Bonchev–Trinajstić information content (AvgIpc) is 2.92. The van der Waals surface area contributed by atoms with E-state index in [0.29, 0.717) is 33.3 Å². The van der Waals surface area contributed by atoms with Gasteiger partial charge in [-0.15, -0.1) is 0 Å². The second-order valence-corrected chi connectivity index (χ2v) is 4.86. The van der Waals surface area contributed by atoms with Gasteiger partial charge in [-0.1, -0.05) is 11.6 Å². The number of carbonyl (C=O) groups is 1. The molecule has 2 rings (SSSR count). The molecule has 0 amide bonds. The predicted molar refractivity (Wildman–Crippen MR) is 78.6 cm³/mol. The Labute approximate surface area is 126 Å². The molecule has 0 aliphatic heterocycles. The second-order valence-electron chi connectivity index (χ2n) is 4.48. The highest BCUT2D eigenvalue weighted by atomic mass is 35.5. The van der Waals surface area contributed by atoms with Gasteiger partial charge in [0.05, 0.1) is 30.5 Å². The normalized spacial score (nSPS) is 10.5. The molecular weight excluding hydrogens is 296 g/mol. The third-order valence-electron chi connectivity index (χ3n) is 3.28. The van der Waals surface area contributed by atoms with Crippen molar-refractivity contribution in [3.8, 4) is 22.8 Å². The number of hydrogen-bond donors (Lipinski definition) is 2. The molecule has 21 heavy (non-hydrogen) atoms. The van der Waals surface area contributed by atoms with Gasteiger partial charge in [-0.3, -0.25) is 5.10 Å². The first-order valence-electron chi connectivity index (χ1n) is 6.12. The van der Waals surface area contributed by atoms with Crippen molar-refractivity contribution in [2.45, 2.75) is 13.8 Å². The van der Waals surface area contributed by atoms with Crippen LogP contribution in [0.4, 0.5) is 0 Å². The van der Waals surface area contributed by atoms with Crippen molar-refractivity contribution < 1.29 is 19.4 Å². The van der Waals surface area contributed by atoms with Crippen molar-refractivity contribution in [3.63, 3.8) is 0 Å². The lowest BCUT2D eigenvalue weighted by atomic mass is 9.99. The van der Waals surface area contributed by atoms with E-state index in [1.54, 1.807) is 6.92 Å². The topological polar surface area (TPSA) is 84.4 Å². The zero-order chi connectivity index (χ0) is 15.7. The highest BCUT2D eigenvalue weighted by Crippen LogP contribution is 2.45. The van der Waals surface area contributed by atoms with Crippen LogP contribution in [-0.2, 0) is 0 Å². The molecule has 2 aromatic rings. The number of carboxylic acids is 1. The quantitative estimate of drug-likeness (QED) is 0.906. The summed E-state index contributed by atoms with van der Waals surface area (Å²) < 4.78 is 10.8. The Morgan fingerprint density at radius 2 is 1.86 bits per heavy atom. The van der Waals surface area contributed by atoms with Crippen molar-refractivity contribution in [1.29, 1.82) is 0 Å². The van der Waals surface area contributed by atoms with Gasteiger partial charge in [0.15, 0.2) is 0 Å². The van der Waals surface area contributed by atoms with Crippen LogP contribution in [0.25, 0.3) is 11.3 Å². The van der Waals surface area contributed by atoms with E-state index < -0.39 is 5.97 Å². The van der Waals surface area contributed by atoms with Crippen LogP contribution >= 0.6 is 11.6 Å². The summed E-state index contributed by atoms with van der Waals surface area (Å²) in [5, 5.41) is 16.0. The van der Waals surface area contributed by atoms with Gasteiger partial charge in [-0.05, 0) is 19.9 Å². The van der Waals surface area contributed by atoms with E-state index in [-0.39, 0.29) is 5.69 Å². The summed E-state index contributed by atoms with van der Waals surface area (Å²) in [4.78, 5) is 11.0. The van der Waals surface area contributed by atoms with Gasteiger partial charge >= 0.3 is 5.97 Å². The monoisotopic (exact) mass is 310 g/mol. The van der Waals surface area contributed by atoms with Crippen LogP contribution in [0.15, 0.2) is 6.07 Å². The van der Waals surface area contributed by atoms with E-state index in [2.05, 4.69) is 10.2 Å². The summed E-state index contributed by atoms with van der Waals surface area (Å²) in [6, 6.07) is 1.44. The number of aromatic nitrogens is 2. The number of ether oxygens (including phenoxy) is 2. The van der Waals surface area contributed by atoms with E-state index in [0.717, 1.165) is 5.56 Å². The molecule has 7 heteroatoms. The third kappa shape index (κ3) is 2.42. The number of halogens is 1. The van der Waals surface area contributed by atoms with E-state index in [1.165, 1.54) is 20.3 Å². The van der Waals surface area contributed by atoms with Crippen LogP contribution in [0.5, 0.6) is 11.5 Å². The van der Waals surface area contributed by atoms with E-state index in [9.17, 15) is 4.79 Å². The van der Waals surface area contributed by atoms with Crippen molar-refractivity contribution in [3.05, 3.63) is 27.9 Å². The largest absolute Gasteiger partial charge is 0.496 e. The fraction of sp³-hybridized carbons (Fsp3) is 0.286. The molecule has 0 saturated heterocycles. The average molecular weight is 311 g/mol. The minimum absolute atomic E-state index is 0.00183. The highest BCUT2D eigenvalue weighted by Gasteiger charge is 2.23.